The van der Waals surface area contributed by atoms with Crippen molar-refractivity contribution in [3.8, 4) is 11.3 Å². The first kappa shape index (κ1) is 15.1. The van der Waals surface area contributed by atoms with Gasteiger partial charge in [0.25, 0.3) is 0 Å². The van der Waals surface area contributed by atoms with Gasteiger partial charge in [-0.15, -0.1) is 0 Å². The van der Waals surface area contributed by atoms with Crippen molar-refractivity contribution in [2.75, 3.05) is 6.61 Å². The molecule has 0 aliphatic carbocycles. The Morgan fingerprint density at radius 1 is 1.17 bits per heavy atom. The van der Waals surface area contributed by atoms with E-state index in [2.05, 4.69) is 20.9 Å². The highest BCUT2D eigenvalue weighted by Gasteiger charge is 2.19. The van der Waals surface area contributed by atoms with E-state index in [0.29, 0.717) is 22.4 Å². The van der Waals surface area contributed by atoms with Crippen molar-refractivity contribution in [1.82, 2.24) is 9.55 Å². The highest BCUT2D eigenvalue weighted by Crippen LogP contribution is 2.34. The molecule has 2 aromatic heterocycles. The smallest absolute Gasteiger partial charge is 0.348 e. The predicted octanol–water partition coefficient (Wildman–Crippen LogP) is 3.56. The third-order valence-electron chi connectivity index (χ3n) is 3.92. The van der Waals surface area contributed by atoms with Crippen LogP contribution in [-0.2, 0) is 6.54 Å². The molecular weight excluding hydrogens is 372 g/mol. The van der Waals surface area contributed by atoms with Gasteiger partial charge in [0.05, 0.1) is 13.2 Å². The zero-order valence-electron chi connectivity index (χ0n) is 12.6. The van der Waals surface area contributed by atoms with Crippen LogP contribution < -0.4 is 5.69 Å². The average molecular weight is 385 g/mol. The first-order chi connectivity index (χ1) is 11.7. The molecule has 0 saturated heterocycles. The molecule has 0 aliphatic heterocycles. The molecule has 0 bridgehead atoms. The van der Waals surface area contributed by atoms with Crippen LogP contribution in [-0.4, -0.2) is 21.3 Å². The molecule has 4 rings (SSSR count). The fourth-order valence-electron chi connectivity index (χ4n) is 2.89. The standard InChI is InChI=1S/C18H13BrN2O3/c19-12-6-7-14-13(10-12)16-17(24-14)15(11-4-2-1-3-5-11)20-18(23)21(16)8-9-22/h1-7,10,22H,8-9H2. The van der Waals surface area contributed by atoms with Gasteiger partial charge in [0, 0.05) is 15.4 Å². The molecule has 2 heterocycles. The topological polar surface area (TPSA) is 68.3 Å². The normalized spacial score (nSPS) is 11.4. The maximum atomic E-state index is 12.5. The van der Waals surface area contributed by atoms with E-state index in [1.54, 1.807) is 0 Å². The van der Waals surface area contributed by atoms with Crippen LogP contribution in [0.15, 0.2) is 62.2 Å². The molecule has 24 heavy (non-hydrogen) atoms. The SMILES string of the molecule is O=c1nc(-c2ccccc2)c2oc3ccc(Br)cc3c2n1CCO. The molecule has 120 valence electrons. The molecule has 0 radical (unpaired) electrons. The number of fused-ring (bicyclic) bond motifs is 3. The van der Waals surface area contributed by atoms with Crippen molar-refractivity contribution in [3.05, 3.63) is 63.5 Å². The third kappa shape index (κ3) is 2.35. The van der Waals surface area contributed by atoms with Crippen molar-refractivity contribution < 1.29 is 9.52 Å². The third-order valence-corrected chi connectivity index (χ3v) is 4.41. The van der Waals surface area contributed by atoms with Crippen LogP contribution in [0.1, 0.15) is 0 Å². The Bertz CT molecular complexity index is 1100. The highest BCUT2D eigenvalue weighted by molar-refractivity contribution is 9.10. The summed E-state index contributed by atoms with van der Waals surface area (Å²) in [6.45, 7) is 0.0145. The first-order valence-corrected chi connectivity index (χ1v) is 8.27. The van der Waals surface area contributed by atoms with Gasteiger partial charge in [-0.25, -0.2) is 4.79 Å². The van der Waals surface area contributed by atoms with E-state index in [9.17, 15) is 9.90 Å². The average Bonchev–Trinajstić information content (AvgIpc) is 2.96. The lowest BCUT2D eigenvalue weighted by molar-refractivity contribution is 0.275. The van der Waals surface area contributed by atoms with Crippen LogP contribution in [0, 0.1) is 0 Å². The van der Waals surface area contributed by atoms with Gasteiger partial charge in [-0.1, -0.05) is 46.3 Å². The maximum Gasteiger partial charge on any atom is 0.348 e. The van der Waals surface area contributed by atoms with Gasteiger partial charge in [0.15, 0.2) is 5.58 Å². The van der Waals surface area contributed by atoms with Gasteiger partial charge in [0.1, 0.15) is 16.8 Å². The van der Waals surface area contributed by atoms with E-state index < -0.39 is 5.69 Å². The van der Waals surface area contributed by atoms with Crippen LogP contribution >= 0.6 is 15.9 Å². The molecule has 0 atom stereocenters. The number of furan rings is 1. The Morgan fingerprint density at radius 3 is 2.71 bits per heavy atom. The van der Waals surface area contributed by atoms with Crippen LogP contribution in [0.2, 0.25) is 0 Å². The zero-order chi connectivity index (χ0) is 16.7. The molecule has 0 fully saturated rings. The zero-order valence-corrected chi connectivity index (χ0v) is 14.2. The van der Waals surface area contributed by atoms with Crippen molar-refractivity contribution >= 4 is 38.0 Å². The number of nitrogens with zero attached hydrogens (tertiary/aromatic N) is 2. The number of aliphatic hydroxyl groups is 1. The minimum absolute atomic E-state index is 0.151. The summed E-state index contributed by atoms with van der Waals surface area (Å²) in [5, 5.41) is 10.1. The quantitative estimate of drug-likeness (QED) is 0.586. The lowest BCUT2D eigenvalue weighted by Crippen LogP contribution is -2.25. The summed E-state index contributed by atoms with van der Waals surface area (Å²) >= 11 is 3.45. The Hall–Kier alpha value is -2.44. The molecule has 6 heteroatoms. The second-order valence-corrected chi connectivity index (χ2v) is 6.32. The monoisotopic (exact) mass is 384 g/mol. The van der Waals surface area contributed by atoms with Crippen molar-refractivity contribution in [1.29, 1.82) is 0 Å². The Morgan fingerprint density at radius 2 is 1.96 bits per heavy atom. The number of aromatic nitrogens is 2. The fraction of sp³-hybridized carbons (Fsp3) is 0.111. The van der Waals surface area contributed by atoms with Crippen LogP contribution in [0.4, 0.5) is 0 Å². The van der Waals surface area contributed by atoms with Gasteiger partial charge in [-0.3, -0.25) is 4.57 Å². The van der Waals surface area contributed by atoms with E-state index in [1.165, 1.54) is 4.57 Å². The van der Waals surface area contributed by atoms with Crippen molar-refractivity contribution in [2.45, 2.75) is 6.54 Å². The number of hydrogen-bond acceptors (Lipinski definition) is 4. The summed E-state index contributed by atoms with van der Waals surface area (Å²) in [6.07, 6.45) is 0. The molecule has 0 unspecified atom stereocenters. The van der Waals surface area contributed by atoms with Crippen LogP contribution in [0.5, 0.6) is 0 Å². The molecule has 0 amide bonds. The summed E-state index contributed by atoms with van der Waals surface area (Å²) in [4.78, 5) is 16.7. The lowest BCUT2D eigenvalue weighted by atomic mass is 10.1. The van der Waals surface area contributed by atoms with E-state index >= 15 is 0 Å². The maximum absolute atomic E-state index is 12.5. The Balaban J connectivity index is 2.19. The fourth-order valence-corrected chi connectivity index (χ4v) is 3.25. The van der Waals surface area contributed by atoms with Gasteiger partial charge in [-0.2, -0.15) is 4.98 Å². The molecule has 0 saturated carbocycles. The van der Waals surface area contributed by atoms with Gasteiger partial charge >= 0.3 is 5.69 Å². The minimum atomic E-state index is -0.405. The lowest BCUT2D eigenvalue weighted by Gasteiger charge is -2.08. The molecule has 0 aliphatic rings. The Kier molecular flexibility index (Phi) is 3.70. The van der Waals surface area contributed by atoms with Gasteiger partial charge < -0.3 is 9.52 Å². The van der Waals surface area contributed by atoms with Gasteiger partial charge in [-0.05, 0) is 18.2 Å². The number of benzene rings is 2. The molecule has 4 aromatic rings. The summed E-state index contributed by atoms with van der Waals surface area (Å²) in [7, 11) is 0. The van der Waals surface area contributed by atoms with Crippen molar-refractivity contribution in [3.63, 3.8) is 0 Å². The molecule has 0 spiro atoms. The van der Waals surface area contributed by atoms with Crippen molar-refractivity contribution in [2.24, 2.45) is 0 Å². The Labute approximate surface area is 145 Å². The first-order valence-electron chi connectivity index (χ1n) is 7.48. The van der Waals surface area contributed by atoms with E-state index in [0.717, 1.165) is 15.4 Å². The number of halogens is 1. The summed E-state index contributed by atoms with van der Waals surface area (Å²) in [5.41, 5.74) is 2.79. The second kappa shape index (κ2) is 5.89. The van der Waals surface area contributed by atoms with Crippen LogP contribution in [0.25, 0.3) is 33.3 Å². The van der Waals surface area contributed by atoms with Crippen LogP contribution in [0.3, 0.4) is 0 Å². The van der Waals surface area contributed by atoms with E-state index in [-0.39, 0.29) is 13.2 Å². The second-order valence-electron chi connectivity index (χ2n) is 5.40. The summed E-state index contributed by atoms with van der Waals surface area (Å²) in [6, 6.07) is 15.1. The molecule has 2 aromatic carbocycles. The van der Waals surface area contributed by atoms with E-state index in [1.807, 2.05) is 48.5 Å². The number of rotatable bonds is 3. The molecule has 5 nitrogen and oxygen atoms in total. The number of hydrogen-bond donors (Lipinski definition) is 1. The van der Waals surface area contributed by atoms with Gasteiger partial charge in [0.2, 0.25) is 0 Å². The number of aliphatic hydroxyl groups excluding tert-OH is 1. The highest BCUT2D eigenvalue weighted by atomic mass is 79.9. The largest absolute Gasteiger partial charge is 0.452 e. The predicted molar refractivity (Wildman–Crippen MR) is 96.0 cm³/mol. The summed E-state index contributed by atoms with van der Waals surface area (Å²) in [5.74, 6) is 0. The molecular formula is C18H13BrN2O3. The molecule has 1 N–H and O–H groups in total. The minimum Gasteiger partial charge on any atom is -0.452 e. The van der Waals surface area contributed by atoms with E-state index in [4.69, 9.17) is 4.42 Å². The summed E-state index contributed by atoms with van der Waals surface area (Å²) < 4.78 is 8.36.